The van der Waals surface area contributed by atoms with E-state index in [1.165, 1.54) is 0 Å². The molecule has 0 saturated carbocycles. The van der Waals surface area contributed by atoms with Gasteiger partial charge in [-0.15, -0.1) is 0 Å². The number of nitrogens with zero attached hydrogens (tertiary/aromatic N) is 1. The van der Waals surface area contributed by atoms with E-state index in [4.69, 9.17) is 46.4 Å². The van der Waals surface area contributed by atoms with Gasteiger partial charge in [0, 0.05) is 17.6 Å². The molecule has 0 bridgehead atoms. The molecule has 1 amide bonds. The normalized spacial score (nSPS) is 10.5. The quantitative estimate of drug-likeness (QED) is 0.488. The van der Waals surface area contributed by atoms with E-state index >= 15 is 0 Å². The fraction of sp³-hybridized carbons (Fsp3) is 0. The van der Waals surface area contributed by atoms with E-state index in [1.807, 2.05) is 0 Å². The summed E-state index contributed by atoms with van der Waals surface area (Å²) in [5.74, 6) is 0.0301. The van der Waals surface area contributed by atoms with Crippen molar-refractivity contribution < 1.29 is 4.79 Å². The van der Waals surface area contributed by atoms with Crippen LogP contribution in [-0.4, -0.2) is 10.9 Å². The number of hydrogen-bond acceptors (Lipinski definition) is 3. The lowest BCUT2D eigenvalue weighted by molar-refractivity contribution is 0.102. The largest absolute Gasteiger partial charge is 0.340 e. The number of aromatic nitrogens is 1. The minimum Gasteiger partial charge on any atom is -0.340 e. The Bertz CT molecular complexity index is 978. The lowest BCUT2D eigenvalue weighted by Crippen LogP contribution is -2.14. The van der Waals surface area contributed by atoms with E-state index in [9.17, 15) is 4.79 Å². The number of benzene rings is 2. The van der Waals surface area contributed by atoms with E-state index in [1.54, 1.807) is 54.7 Å². The highest BCUT2D eigenvalue weighted by atomic mass is 35.5. The Morgan fingerprint density at radius 1 is 0.808 bits per heavy atom. The van der Waals surface area contributed by atoms with Gasteiger partial charge >= 0.3 is 0 Å². The van der Waals surface area contributed by atoms with E-state index < -0.39 is 0 Å². The molecule has 3 aromatic rings. The predicted octanol–water partition coefficient (Wildman–Crippen LogP) is 6.69. The number of carbonyl (C=O) groups is 1. The van der Waals surface area contributed by atoms with Crippen molar-refractivity contribution >= 4 is 69.5 Å². The summed E-state index contributed by atoms with van der Waals surface area (Å²) >= 11 is 23.8. The van der Waals surface area contributed by atoms with Crippen molar-refractivity contribution in [2.24, 2.45) is 0 Å². The Hall–Kier alpha value is -1.98. The lowest BCUT2D eigenvalue weighted by atomic mass is 10.2. The van der Waals surface area contributed by atoms with Crippen LogP contribution in [0.3, 0.4) is 0 Å². The van der Waals surface area contributed by atoms with Crippen LogP contribution in [0.5, 0.6) is 0 Å². The van der Waals surface area contributed by atoms with Gasteiger partial charge in [-0.2, -0.15) is 0 Å². The molecule has 3 rings (SSSR count). The molecule has 0 saturated heterocycles. The molecule has 2 N–H and O–H groups in total. The van der Waals surface area contributed by atoms with Crippen LogP contribution in [0.4, 0.5) is 17.2 Å². The molecule has 2 aromatic carbocycles. The molecule has 0 aliphatic rings. The van der Waals surface area contributed by atoms with Crippen LogP contribution >= 0.6 is 46.4 Å². The SMILES string of the molecule is O=C(Nc1ccc(Cl)c(Cl)c1)c1cccnc1Nc1ccc(Cl)c(Cl)c1. The average molecular weight is 427 g/mol. The Morgan fingerprint density at radius 3 is 2.08 bits per heavy atom. The Labute approximate surface area is 170 Å². The molecule has 1 aromatic heterocycles. The smallest absolute Gasteiger partial charge is 0.259 e. The number of halogens is 4. The van der Waals surface area contributed by atoms with Gasteiger partial charge in [-0.05, 0) is 48.5 Å². The maximum Gasteiger partial charge on any atom is 0.259 e. The summed E-state index contributed by atoms with van der Waals surface area (Å²) in [5, 5.41) is 7.43. The Balaban J connectivity index is 1.84. The first-order chi connectivity index (χ1) is 12.4. The van der Waals surface area contributed by atoms with Crippen molar-refractivity contribution in [1.29, 1.82) is 0 Å². The maximum absolute atomic E-state index is 12.6. The molecular weight excluding hydrogens is 416 g/mol. The van der Waals surface area contributed by atoms with Crippen molar-refractivity contribution in [1.82, 2.24) is 4.98 Å². The molecule has 26 heavy (non-hydrogen) atoms. The third-order valence-electron chi connectivity index (χ3n) is 3.41. The van der Waals surface area contributed by atoms with Gasteiger partial charge in [0.15, 0.2) is 0 Å². The first-order valence-corrected chi connectivity index (χ1v) is 8.89. The summed E-state index contributed by atoms with van der Waals surface area (Å²) in [6.07, 6.45) is 1.58. The summed E-state index contributed by atoms with van der Waals surface area (Å²) in [6.45, 7) is 0. The van der Waals surface area contributed by atoms with E-state index in [-0.39, 0.29) is 5.91 Å². The summed E-state index contributed by atoms with van der Waals surface area (Å²) in [5.41, 5.74) is 1.53. The van der Waals surface area contributed by atoms with E-state index in [0.717, 1.165) is 0 Å². The van der Waals surface area contributed by atoms with Crippen molar-refractivity contribution in [3.05, 3.63) is 80.4 Å². The lowest BCUT2D eigenvalue weighted by Gasteiger charge is -2.12. The van der Waals surface area contributed by atoms with E-state index in [2.05, 4.69) is 15.6 Å². The molecule has 132 valence electrons. The monoisotopic (exact) mass is 425 g/mol. The molecule has 0 aliphatic carbocycles. The standard InChI is InChI=1S/C18H11Cl4N3O/c19-13-5-3-10(8-15(13)21)24-17-12(2-1-7-23-17)18(26)25-11-4-6-14(20)16(22)9-11/h1-9H,(H,23,24)(H,25,26). The predicted molar refractivity (Wildman–Crippen MR) is 108 cm³/mol. The van der Waals surface area contributed by atoms with Crippen molar-refractivity contribution in [3.8, 4) is 0 Å². The molecule has 0 radical (unpaired) electrons. The van der Waals surface area contributed by atoms with Crippen LogP contribution in [0.15, 0.2) is 54.7 Å². The van der Waals surface area contributed by atoms with Crippen LogP contribution in [0.2, 0.25) is 20.1 Å². The topological polar surface area (TPSA) is 54.0 Å². The van der Waals surface area contributed by atoms with Gasteiger partial charge in [-0.1, -0.05) is 46.4 Å². The number of pyridine rings is 1. The van der Waals surface area contributed by atoms with Crippen molar-refractivity contribution in [2.45, 2.75) is 0 Å². The number of rotatable bonds is 4. The molecule has 1 heterocycles. The van der Waals surface area contributed by atoms with Gasteiger partial charge in [0.1, 0.15) is 5.82 Å². The first kappa shape index (κ1) is 18.8. The minimum atomic E-state index is -0.348. The zero-order valence-corrected chi connectivity index (χ0v) is 16.1. The zero-order valence-electron chi connectivity index (χ0n) is 13.1. The number of hydrogen-bond donors (Lipinski definition) is 2. The van der Waals surface area contributed by atoms with Gasteiger partial charge in [0.05, 0.1) is 25.7 Å². The molecule has 4 nitrogen and oxygen atoms in total. The molecule has 0 atom stereocenters. The van der Waals surface area contributed by atoms with Gasteiger partial charge < -0.3 is 10.6 Å². The second kappa shape index (κ2) is 8.14. The van der Waals surface area contributed by atoms with Gasteiger partial charge in [0.2, 0.25) is 0 Å². The van der Waals surface area contributed by atoms with Crippen molar-refractivity contribution in [3.63, 3.8) is 0 Å². The van der Waals surface area contributed by atoms with Crippen LogP contribution in [0.25, 0.3) is 0 Å². The summed E-state index contributed by atoms with van der Waals surface area (Å²) < 4.78 is 0. The molecule has 8 heteroatoms. The second-order valence-corrected chi connectivity index (χ2v) is 6.87. The molecule has 0 unspecified atom stereocenters. The highest BCUT2D eigenvalue weighted by molar-refractivity contribution is 6.42. The number of amides is 1. The number of anilines is 3. The van der Waals surface area contributed by atoms with Crippen LogP contribution in [0.1, 0.15) is 10.4 Å². The molecule has 0 spiro atoms. The van der Waals surface area contributed by atoms with Gasteiger partial charge in [-0.25, -0.2) is 4.98 Å². The summed E-state index contributed by atoms with van der Waals surface area (Å²) in [7, 11) is 0. The zero-order chi connectivity index (χ0) is 18.7. The number of nitrogens with one attached hydrogen (secondary N) is 2. The third-order valence-corrected chi connectivity index (χ3v) is 4.89. The fourth-order valence-electron chi connectivity index (χ4n) is 2.17. The third kappa shape index (κ3) is 4.40. The highest BCUT2D eigenvalue weighted by Gasteiger charge is 2.14. The van der Waals surface area contributed by atoms with Crippen LogP contribution in [0, 0.1) is 0 Å². The second-order valence-electron chi connectivity index (χ2n) is 5.24. The first-order valence-electron chi connectivity index (χ1n) is 7.37. The Morgan fingerprint density at radius 2 is 1.42 bits per heavy atom. The van der Waals surface area contributed by atoms with Crippen LogP contribution in [-0.2, 0) is 0 Å². The number of carbonyl (C=O) groups excluding carboxylic acids is 1. The fourth-order valence-corrected chi connectivity index (χ4v) is 2.77. The molecule has 0 fully saturated rings. The summed E-state index contributed by atoms with van der Waals surface area (Å²) in [6, 6.07) is 13.2. The average Bonchev–Trinajstić information content (AvgIpc) is 2.62. The maximum atomic E-state index is 12.6. The summed E-state index contributed by atoms with van der Waals surface area (Å²) in [4.78, 5) is 16.9. The molecule has 0 aliphatic heterocycles. The molecular formula is C18H11Cl4N3O. The van der Waals surface area contributed by atoms with Crippen molar-refractivity contribution in [2.75, 3.05) is 10.6 Å². The van der Waals surface area contributed by atoms with Gasteiger partial charge in [-0.3, -0.25) is 4.79 Å². The highest BCUT2D eigenvalue weighted by Crippen LogP contribution is 2.28. The van der Waals surface area contributed by atoms with Gasteiger partial charge in [0.25, 0.3) is 5.91 Å². The minimum absolute atomic E-state index is 0.348. The van der Waals surface area contributed by atoms with E-state index in [0.29, 0.717) is 42.8 Å². The van der Waals surface area contributed by atoms with Crippen LogP contribution < -0.4 is 10.6 Å². The Kier molecular flexibility index (Phi) is 5.89.